The Morgan fingerprint density at radius 2 is 0.855 bits per heavy atom. The maximum Gasteiger partial charge on any atom is 0.0886 e. The fourth-order valence-electron chi connectivity index (χ4n) is 11.5. The van der Waals surface area contributed by atoms with E-state index in [2.05, 4.69) is 222 Å². The van der Waals surface area contributed by atoms with Crippen LogP contribution in [0.25, 0.3) is 33.4 Å². The van der Waals surface area contributed by atoms with Crippen LogP contribution in [-0.2, 0) is 10.8 Å². The lowest BCUT2D eigenvalue weighted by atomic mass is 9.67. The van der Waals surface area contributed by atoms with Crippen LogP contribution in [0, 0.1) is 33.1 Å². The zero-order valence-electron chi connectivity index (χ0n) is 39.9. The number of hydrogen-bond acceptors (Lipinski definition) is 2. The molecule has 0 spiro atoms. The highest BCUT2D eigenvalue weighted by atomic mass is 14.7. The molecule has 332 valence electrons. The van der Waals surface area contributed by atoms with E-state index in [1.165, 1.54) is 55.6 Å². The molecule has 0 saturated carbocycles. The predicted octanol–water partition coefficient (Wildman–Crippen LogP) is 16.2. The van der Waals surface area contributed by atoms with Gasteiger partial charge in [-0.05, 0) is 154 Å². The van der Waals surface area contributed by atoms with E-state index in [1.807, 2.05) is 43.5 Å². The van der Waals surface area contributed by atoms with E-state index in [-0.39, 0.29) is 0 Å². The van der Waals surface area contributed by atoms with Crippen LogP contribution in [0.4, 0.5) is 0 Å². The van der Waals surface area contributed by atoms with Gasteiger partial charge in [-0.3, -0.25) is 4.98 Å². The normalized spacial score (nSPS) is 13.8. The molecule has 0 radical (unpaired) electrons. The highest BCUT2D eigenvalue weighted by Gasteiger charge is 2.49. The predicted molar refractivity (Wildman–Crippen MR) is 288 cm³/mol. The van der Waals surface area contributed by atoms with Gasteiger partial charge in [-0.2, -0.15) is 0 Å². The molecule has 9 aromatic rings. The summed E-state index contributed by atoms with van der Waals surface area (Å²) in [6.07, 6.45) is 9.98. The van der Waals surface area contributed by atoms with Gasteiger partial charge in [-0.25, -0.2) is 0 Å². The fraction of sp³-hybridized carbons (Fsp3) is 0.104. The third-order valence-electron chi connectivity index (χ3n) is 14.5. The van der Waals surface area contributed by atoms with E-state index in [0.717, 1.165) is 61.3 Å². The summed E-state index contributed by atoms with van der Waals surface area (Å²) in [6, 6.07) is 73.8. The highest BCUT2D eigenvalue weighted by molar-refractivity contribution is 6.12. The van der Waals surface area contributed by atoms with Crippen LogP contribution in [0.15, 0.2) is 231 Å². The highest BCUT2D eigenvalue weighted by Crippen LogP contribution is 2.58. The summed E-state index contributed by atoms with van der Waals surface area (Å²) in [7, 11) is 0. The van der Waals surface area contributed by atoms with E-state index < -0.39 is 10.8 Å². The molecule has 2 heteroatoms. The molecule has 0 amide bonds. The molecule has 0 atom stereocenters. The van der Waals surface area contributed by atoms with Gasteiger partial charge < -0.3 is 5.41 Å². The Morgan fingerprint density at radius 1 is 0.420 bits per heavy atom. The van der Waals surface area contributed by atoms with Crippen molar-refractivity contribution in [3.8, 4) is 22.3 Å². The number of rotatable bonds is 10. The molecule has 0 saturated heterocycles. The monoisotopic (exact) mass is 886 g/mol. The second-order valence-corrected chi connectivity index (χ2v) is 18.9. The molecule has 8 aromatic carbocycles. The molecule has 1 heterocycles. The third kappa shape index (κ3) is 7.01. The topological polar surface area (TPSA) is 36.7 Å². The molecule has 2 aliphatic rings. The molecule has 0 fully saturated rings. The van der Waals surface area contributed by atoms with Crippen LogP contribution >= 0.6 is 0 Å². The van der Waals surface area contributed by atoms with Crippen molar-refractivity contribution < 1.29 is 0 Å². The lowest BCUT2D eigenvalue weighted by molar-refractivity contribution is 0.733. The van der Waals surface area contributed by atoms with Gasteiger partial charge in [0.05, 0.1) is 22.2 Å². The van der Waals surface area contributed by atoms with Gasteiger partial charge in [-0.1, -0.05) is 216 Å². The van der Waals surface area contributed by atoms with Gasteiger partial charge in [0, 0.05) is 6.20 Å². The Kier molecular flexibility index (Phi) is 11.0. The largest absolute Gasteiger partial charge is 0.304 e. The molecule has 1 N–H and O–H groups in total. The average Bonchev–Trinajstić information content (AvgIpc) is 3.82. The van der Waals surface area contributed by atoms with Crippen molar-refractivity contribution in [2.75, 3.05) is 0 Å². The molecule has 69 heavy (non-hydrogen) atoms. The number of fused-ring (bicyclic) bond motifs is 6. The van der Waals surface area contributed by atoms with Crippen molar-refractivity contribution in [1.29, 1.82) is 5.41 Å². The number of hydrogen-bond donors (Lipinski definition) is 1. The summed E-state index contributed by atoms with van der Waals surface area (Å²) in [4.78, 5) is 5.24. The number of nitrogens with one attached hydrogen (secondary N) is 1. The first kappa shape index (κ1) is 43.4. The van der Waals surface area contributed by atoms with Gasteiger partial charge in [0.1, 0.15) is 0 Å². The number of benzene rings is 8. The minimum atomic E-state index is -0.889. The first-order valence-corrected chi connectivity index (χ1v) is 24.1. The fourth-order valence-corrected chi connectivity index (χ4v) is 11.5. The first-order valence-electron chi connectivity index (χ1n) is 24.1. The quantitative estimate of drug-likeness (QED) is 0.0829. The summed E-state index contributed by atoms with van der Waals surface area (Å²) < 4.78 is 0. The summed E-state index contributed by atoms with van der Waals surface area (Å²) >= 11 is 0. The number of allylic oxidation sites excluding steroid dienone is 4. The van der Waals surface area contributed by atoms with Crippen LogP contribution < -0.4 is 0 Å². The van der Waals surface area contributed by atoms with Gasteiger partial charge >= 0.3 is 0 Å². The number of aryl methyl sites for hydroxylation is 4. The number of pyridine rings is 1. The van der Waals surface area contributed by atoms with Crippen LogP contribution in [0.3, 0.4) is 0 Å². The molecule has 2 aliphatic carbocycles. The van der Waals surface area contributed by atoms with Gasteiger partial charge in [0.2, 0.25) is 0 Å². The molecular formula is C67H54N2. The minimum absolute atomic E-state index is 0.522. The Balaban J connectivity index is 1.25. The third-order valence-corrected chi connectivity index (χ3v) is 14.5. The minimum Gasteiger partial charge on any atom is -0.304 e. The number of nitrogens with zero attached hydrogens (tertiary/aromatic N) is 1. The molecule has 11 rings (SSSR count). The van der Waals surface area contributed by atoms with Crippen molar-refractivity contribution in [1.82, 2.24) is 4.98 Å². The maximum atomic E-state index is 10.3. The molecule has 2 nitrogen and oxygen atoms in total. The average molecular weight is 887 g/mol. The Morgan fingerprint density at radius 3 is 1.35 bits per heavy atom. The molecule has 0 bridgehead atoms. The van der Waals surface area contributed by atoms with Crippen molar-refractivity contribution in [3.63, 3.8) is 0 Å². The second kappa shape index (κ2) is 17.5. The van der Waals surface area contributed by atoms with E-state index in [9.17, 15) is 5.41 Å². The van der Waals surface area contributed by atoms with E-state index in [1.54, 1.807) is 0 Å². The summed E-state index contributed by atoms with van der Waals surface area (Å²) in [5.74, 6) is 0. The van der Waals surface area contributed by atoms with Crippen LogP contribution in [-0.4, -0.2) is 10.7 Å². The summed E-state index contributed by atoms with van der Waals surface area (Å²) in [5, 5.41) is 10.3. The molecular weight excluding hydrogens is 833 g/mol. The molecule has 0 aliphatic heterocycles. The van der Waals surface area contributed by atoms with E-state index >= 15 is 0 Å². The molecule has 0 unspecified atom stereocenters. The van der Waals surface area contributed by atoms with Gasteiger partial charge in [-0.15, -0.1) is 0 Å². The zero-order chi connectivity index (χ0) is 47.3. The number of aromatic nitrogens is 1. The maximum absolute atomic E-state index is 10.3. The summed E-state index contributed by atoms with van der Waals surface area (Å²) in [6.45, 7) is 10.7. The van der Waals surface area contributed by atoms with E-state index in [4.69, 9.17) is 4.98 Å². The summed E-state index contributed by atoms with van der Waals surface area (Å²) in [5.41, 5.74) is 23.1. The van der Waals surface area contributed by atoms with Crippen molar-refractivity contribution in [2.45, 2.75) is 45.4 Å². The second-order valence-electron chi connectivity index (χ2n) is 18.9. The Labute approximate surface area is 407 Å². The van der Waals surface area contributed by atoms with E-state index in [0.29, 0.717) is 5.71 Å². The van der Waals surface area contributed by atoms with Crippen molar-refractivity contribution in [3.05, 3.63) is 314 Å². The Bertz CT molecular complexity index is 3410. The molecule has 1 aromatic heterocycles. The standard InChI is InChI=1S/C67H54N2/c1-6-7-10-27-62(68)66(58-38-44(2)29-33-54(58)55-34-30-45(3)39-59(55)66)52-25-17-23-50(42-52)65(64(48-19-11-8-12-20-48)49-21-13-9-14-22-49)51-24-18-26-53(43-51)67(63-28-15-16-37-69-63)60-40-46(4)31-35-56(60)57-36-32-47(5)41-61(57)67/h6-43,68H,1-5H3/b7-6-,27-10-,68-62?. The zero-order valence-corrected chi connectivity index (χ0v) is 39.9. The van der Waals surface area contributed by atoms with Crippen molar-refractivity contribution in [2.24, 2.45) is 0 Å². The van der Waals surface area contributed by atoms with Gasteiger partial charge in [0.25, 0.3) is 0 Å². The van der Waals surface area contributed by atoms with Crippen LogP contribution in [0.1, 0.15) is 90.5 Å². The lowest BCUT2D eigenvalue weighted by Crippen LogP contribution is -2.35. The van der Waals surface area contributed by atoms with Crippen molar-refractivity contribution >= 4 is 16.9 Å². The first-order chi connectivity index (χ1) is 33.7. The van der Waals surface area contributed by atoms with Crippen LogP contribution in [0.5, 0.6) is 0 Å². The Hall–Kier alpha value is -8.20. The van der Waals surface area contributed by atoms with Gasteiger partial charge in [0.15, 0.2) is 0 Å². The van der Waals surface area contributed by atoms with Crippen LogP contribution in [0.2, 0.25) is 0 Å². The smallest absolute Gasteiger partial charge is 0.0886 e. The lowest BCUT2D eigenvalue weighted by Gasteiger charge is -2.34. The SMILES string of the molecule is C/C=C\C=C/C(=N)C1(c2cccc(C(=C(c3ccccc3)c3ccccc3)c3cccc(C4(c5ccccn5)c5cc(C)ccc5-c5ccc(C)cc54)c3)c2)c2cc(C)ccc2-c2ccc(C)cc21.